The van der Waals surface area contributed by atoms with Crippen LogP contribution in [0.25, 0.3) is 0 Å². The zero-order valence-corrected chi connectivity index (χ0v) is 19.8. The second-order valence-corrected chi connectivity index (χ2v) is 9.37. The van der Waals surface area contributed by atoms with Crippen LogP contribution in [0.3, 0.4) is 0 Å². The van der Waals surface area contributed by atoms with Gasteiger partial charge in [-0.2, -0.15) is 0 Å². The fraction of sp³-hybridized carbons (Fsp3) is 0.885. The van der Waals surface area contributed by atoms with Crippen molar-refractivity contribution in [2.75, 3.05) is 6.61 Å². The van der Waals surface area contributed by atoms with Gasteiger partial charge in [0.2, 0.25) is 0 Å². The van der Waals surface area contributed by atoms with Crippen molar-refractivity contribution < 1.29 is 9.53 Å². The predicted octanol–water partition coefficient (Wildman–Crippen LogP) is 7.31. The highest BCUT2D eigenvalue weighted by Crippen LogP contribution is 2.21. The normalized spacial score (nSPS) is 12.5. The average molecular weight is 425 g/mol. The molecule has 1 atom stereocenters. The Hall–Kier alpha value is -0.258. The van der Waals surface area contributed by atoms with Gasteiger partial charge in [0.1, 0.15) is 0 Å². The van der Waals surface area contributed by atoms with Crippen LogP contribution >= 0.6 is 0 Å². The SMILES string of the molecule is CCCCCCCC/C=C\CCCCCCC(CC(C)C)C(=O)OCC(C)C.[AlH3]. The van der Waals surface area contributed by atoms with Crippen LogP contribution in [-0.4, -0.2) is 29.9 Å². The Morgan fingerprint density at radius 3 is 1.79 bits per heavy atom. The lowest BCUT2D eigenvalue weighted by atomic mass is 9.92. The number of unbranched alkanes of at least 4 members (excludes halogenated alkanes) is 10. The Morgan fingerprint density at radius 1 is 0.759 bits per heavy atom. The molecule has 0 aromatic rings. The minimum Gasteiger partial charge on any atom is -0.465 e. The molecule has 0 radical (unpaired) electrons. The Morgan fingerprint density at radius 2 is 1.28 bits per heavy atom. The number of carbonyl (C=O) groups is 1. The van der Waals surface area contributed by atoms with Gasteiger partial charge in [-0.3, -0.25) is 4.79 Å². The van der Waals surface area contributed by atoms with Gasteiger partial charge >= 0.3 is 5.97 Å². The predicted molar refractivity (Wildman–Crippen MR) is 134 cm³/mol. The molecular formula is C26H53AlO2. The molecule has 3 heteroatoms. The molecule has 0 N–H and O–H groups in total. The summed E-state index contributed by atoms with van der Waals surface area (Å²) in [5, 5.41) is 0. The zero-order valence-electron chi connectivity index (χ0n) is 19.8. The van der Waals surface area contributed by atoms with Crippen molar-refractivity contribution in [1.82, 2.24) is 0 Å². The van der Waals surface area contributed by atoms with Gasteiger partial charge in [0.15, 0.2) is 17.4 Å². The zero-order chi connectivity index (χ0) is 21.0. The molecule has 172 valence electrons. The fourth-order valence-corrected chi connectivity index (χ4v) is 3.55. The third-order valence-electron chi connectivity index (χ3n) is 5.21. The van der Waals surface area contributed by atoms with Crippen molar-refractivity contribution in [3.63, 3.8) is 0 Å². The van der Waals surface area contributed by atoms with E-state index < -0.39 is 0 Å². The maximum Gasteiger partial charge on any atom is 0.308 e. The van der Waals surface area contributed by atoms with Crippen molar-refractivity contribution in [1.29, 1.82) is 0 Å². The number of esters is 1. The number of hydrogen-bond acceptors (Lipinski definition) is 2. The van der Waals surface area contributed by atoms with E-state index in [1.54, 1.807) is 0 Å². The molecule has 0 aromatic carbocycles. The quantitative estimate of drug-likeness (QED) is 0.0940. The van der Waals surface area contributed by atoms with Gasteiger partial charge in [-0.1, -0.05) is 98.1 Å². The molecule has 0 aliphatic rings. The van der Waals surface area contributed by atoms with Gasteiger partial charge in [0.25, 0.3) is 0 Å². The third-order valence-corrected chi connectivity index (χ3v) is 5.21. The smallest absolute Gasteiger partial charge is 0.308 e. The summed E-state index contributed by atoms with van der Waals surface area (Å²) >= 11 is 0. The van der Waals surface area contributed by atoms with Crippen LogP contribution < -0.4 is 0 Å². The van der Waals surface area contributed by atoms with E-state index in [1.807, 2.05) is 0 Å². The minimum absolute atomic E-state index is 0. The van der Waals surface area contributed by atoms with Crippen molar-refractivity contribution in [2.24, 2.45) is 17.8 Å². The maximum absolute atomic E-state index is 12.3. The van der Waals surface area contributed by atoms with Crippen molar-refractivity contribution >= 4 is 23.3 Å². The van der Waals surface area contributed by atoms with Gasteiger partial charge in [0.05, 0.1) is 12.5 Å². The van der Waals surface area contributed by atoms with Crippen molar-refractivity contribution in [3.8, 4) is 0 Å². The van der Waals surface area contributed by atoms with Gasteiger partial charge in [0, 0.05) is 0 Å². The fourth-order valence-electron chi connectivity index (χ4n) is 3.55. The van der Waals surface area contributed by atoms with E-state index in [2.05, 4.69) is 46.8 Å². The summed E-state index contributed by atoms with van der Waals surface area (Å²) in [5.74, 6) is 1.09. The largest absolute Gasteiger partial charge is 0.465 e. The summed E-state index contributed by atoms with van der Waals surface area (Å²) in [7, 11) is 0. The molecule has 29 heavy (non-hydrogen) atoms. The lowest BCUT2D eigenvalue weighted by Crippen LogP contribution is -2.21. The van der Waals surface area contributed by atoms with Crippen molar-refractivity contribution in [3.05, 3.63) is 12.2 Å². The molecule has 0 saturated carbocycles. The summed E-state index contributed by atoms with van der Waals surface area (Å²) in [6, 6.07) is 0. The van der Waals surface area contributed by atoms with Crippen LogP contribution in [0, 0.1) is 17.8 Å². The number of rotatable bonds is 19. The third kappa shape index (κ3) is 22.3. The molecule has 0 fully saturated rings. The summed E-state index contributed by atoms with van der Waals surface area (Å²) in [5.41, 5.74) is 0. The van der Waals surface area contributed by atoms with E-state index >= 15 is 0 Å². The first-order valence-electron chi connectivity index (χ1n) is 12.3. The number of allylic oxidation sites excluding steroid dienone is 2. The Bertz CT molecular complexity index is 377. The topological polar surface area (TPSA) is 26.3 Å². The summed E-state index contributed by atoms with van der Waals surface area (Å²) in [4.78, 5) is 12.3. The van der Waals surface area contributed by atoms with E-state index in [9.17, 15) is 4.79 Å². The molecule has 0 saturated heterocycles. The summed E-state index contributed by atoms with van der Waals surface area (Å²) in [6.45, 7) is 11.4. The molecule has 0 spiro atoms. The first-order valence-corrected chi connectivity index (χ1v) is 12.3. The molecule has 0 amide bonds. The highest BCUT2D eigenvalue weighted by atomic mass is 27.0. The lowest BCUT2D eigenvalue weighted by molar-refractivity contribution is -0.150. The van der Waals surface area contributed by atoms with Crippen LogP contribution in [0.1, 0.15) is 125 Å². The summed E-state index contributed by atoms with van der Waals surface area (Å²) < 4.78 is 5.49. The molecule has 2 nitrogen and oxygen atoms in total. The molecule has 0 aliphatic heterocycles. The molecule has 1 unspecified atom stereocenters. The van der Waals surface area contributed by atoms with Gasteiger partial charge in [-0.25, -0.2) is 0 Å². The van der Waals surface area contributed by atoms with Crippen LogP contribution in [0.15, 0.2) is 12.2 Å². The Balaban J connectivity index is 0. The second-order valence-electron chi connectivity index (χ2n) is 9.37. The summed E-state index contributed by atoms with van der Waals surface area (Å²) in [6.07, 6.45) is 22.4. The van der Waals surface area contributed by atoms with E-state index in [0.29, 0.717) is 18.4 Å². The number of hydrogen-bond donors (Lipinski definition) is 0. The molecular weight excluding hydrogens is 371 g/mol. The van der Waals surface area contributed by atoms with Gasteiger partial charge in [-0.15, -0.1) is 0 Å². The van der Waals surface area contributed by atoms with Crippen LogP contribution in [-0.2, 0) is 9.53 Å². The molecule has 0 aromatic heterocycles. The first kappa shape index (κ1) is 30.9. The van der Waals surface area contributed by atoms with E-state index in [4.69, 9.17) is 4.74 Å². The highest BCUT2D eigenvalue weighted by molar-refractivity contribution is 5.75. The van der Waals surface area contributed by atoms with Crippen molar-refractivity contribution in [2.45, 2.75) is 125 Å². The van der Waals surface area contributed by atoms with Gasteiger partial charge in [-0.05, 0) is 50.4 Å². The van der Waals surface area contributed by atoms with Crippen LogP contribution in [0.5, 0.6) is 0 Å². The molecule has 0 aliphatic carbocycles. The Labute approximate surface area is 193 Å². The lowest BCUT2D eigenvalue weighted by Gasteiger charge is -2.18. The highest BCUT2D eigenvalue weighted by Gasteiger charge is 2.21. The molecule has 0 bridgehead atoms. The van der Waals surface area contributed by atoms with Crippen LogP contribution in [0.4, 0.5) is 0 Å². The van der Waals surface area contributed by atoms with E-state index in [0.717, 1.165) is 19.3 Å². The van der Waals surface area contributed by atoms with Crippen LogP contribution in [0.2, 0.25) is 0 Å². The monoisotopic (exact) mass is 424 g/mol. The maximum atomic E-state index is 12.3. The number of carbonyl (C=O) groups excluding carboxylic acids is 1. The Kier molecular flexibility index (Phi) is 23.9. The van der Waals surface area contributed by atoms with E-state index in [1.165, 1.54) is 70.6 Å². The minimum atomic E-state index is 0. The van der Waals surface area contributed by atoms with E-state index in [-0.39, 0.29) is 29.2 Å². The molecule has 0 heterocycles. The molecule has 0 rings (SSSR count). The number of ether oxygens (including phenoxy) is 1. The standard InChI is InChI=1S/C26H50O2.Al.3H/c1-6-7-8-9-10-11-12-13-14-15-16-17-18-19-20-25(21-23(2)3)26(27)28-22-24(4)5;;;;/h13-14,23-25H,6-12,15-22H2,1-5H3;;;;/b14-13-;;;;. The van der Waals surface area contributed by atoms with Gasteiger partial charge < -0.3 is 4.74 Å². The second kappa shape index (κ2) is 22.4. The first-order chi connectivity index (χ1) is 13.5. The average Bonchev–Trinajstić information content (AvgIpc) is 2.65.